The third-order valence-corrected chi connectivity index (χ3v) is 3.44. The molecule has 0 saturated carbocycles. The van der Waals surface area contributed by atoms with Crippen LogP contribution in [0.5, 0.6) is 0 Å². The number of amides is 1. The fourth-order valence-corrected chi connectivity index (χ4v) is 2.30. The molecule has 0 radical (unpaired) electrons. The van der Waals surface area contributed by atoms with Gasteiger partial charge in [0.05, 0.1) is 10.7 Å². The van der Waals surface area contributed by atoms with Crippen LogP contribution >= 0.6 is 27.5 Å². The van der Waals surface area contributed by atoms with E-state index in [2.05, 4.69) is 21.2 Å². The SMILES string of the molecule is O=C(Nc1c(Cl)cccc1CBr)c1ccccc1. The number of carbonyl (C=O) groups excluding carboxylic acids is 1. The highest BCUT2D eigenvalue weighted by Crippen LogP contribution is 2.28. The average molecular weight is 325 g/mol. The van der Waals surface area contributed by atoms with Gasteiger partial charge >= 0.3 is 0 Å². The van der Waals surface area contributed by atoms with Crippen LogP contribution in [0.15, 0.2) is 48.5 Å². The van der Waals surface area contributed by atoms with Crippen LogP contribution < -0.4 is 5.32 Å². The van der Waals surface area contributed by atoms with Gasteiger partial charge in [0.2, 0.25) is 0 Å². The summed E-state index contributed by atoms with van der Waals surface area (Å²) in [6.45, 7) is 0. The number of halogens is 2. The van der Waals surface area contributed by atoms with Crippen molar-refractivity contribution in [2.75, 3.05) is 5.32 Å². The summed E-state index contributed by atoms with van der Waals surface area (Å²) in [6, 6.07) is 14.6. The molecule has 0 aliphatic rings. The van der Waals surface area contributed by atoms with Crippen molar-refractivity contribution in [3.8, 4) is 0 Å². The van der Waals surface area contributed by atoms with Crippen LogP contribution in [0, 0.1) is 0 Å². The second kappa shape index (κ2) is 6.03. The summed E-state index contributed by atoms with van der Waals surface area (Å²) in [6.07, 6.45) is 0. The first-order valence-electron chi connectivity index (χ1n) is 5.42. The predicted molar refractivity (Wildman–Crippen MR) is 78.5 cm³/mol. The molecular formula is C14H11BrClNO. The van der Waals surface area contributed by atoms with Crippen molar-refractivity contribution in [1.29, 1.82) is 0 Å². The number of hydrogen-bond acceptors (Lipinski definition) is 1. The maximum atomic E-state index is 12.0. The number of rotatable bonds is 3. The molecule has 92 valence electrons. The molecule has 0 saturated heterocycles. The van der Waals surface area contributed by atoms with Gasteiger partial charge in [0, 0.05) is 10.9 Å². The van der Waals surface area contributed by atoms with Crippen LogP contribution in [0.25, 0.3) is 0 Å². The quantitative estimate of drug-likeness (QED) is 0.828. The van der Waals surface area contributed by atoms with Crippen molar-refractivity contribution in [3.05, 3.63) is 64.7 Å². The Bertz CT molecular complexity index is 557. The van der Waals surface area contributed by atoms with E-state index < -0.39 is 0 Å². The summed E-state index contributed by atoms with van der Waals surface area (Å²) >= 11 is 9.48. The zero-order chi connectivity index (χ0) is 13.0. The minimum absolute atomic E-state index is 0.161. The van der Waals surface area contributed by atoms with Crippen LogP contribution in [0.2, 0.25) is 5.02 Å². The van der Waals surface area contributed by atoms with Gasteiger partial charge in [0.15, 0.2) is 0 Å². The molecule has 0 aliphatic carbocycles. The molecule has 0 heterocycles. The van der Waals surface area contributed by atoms with Gasteiger partial charge < -0.3 is 5.32 Å². The van der Waals surface area contributed by atoms with E-state index in [-0.39, 0.29) is 5.91 Å². The number of alkyl halides is 1. The van der Waals surface area contributed by atoms with Gasteiger partial charge in [0.25, 0.3) is 5.91 Å². The van der Waals surface area contributed by atoms with Crippen molar-refractivity contribution >= 4 is 39.1 Å². The summed E-state index contributed by atoms with van der Waals surface area (Å²) in [5, 5.41) is 4.02. The van der Waals surface area contributed by atoms with Crippen molar-refractivity contribution in [3.63, 3.8) is 0 Å². The fraction of sp³-hybridized carbons (Fsp3) is 0.0714. The second-order valence-corrected chi connectivity index (χ2v) is 4.70. The van der Waals surface area contributed by atoms with Crippen LogP contribution in [-0.4, -0.2) is 5.91 Å². The lowest BCUT2D eigenvalue weighted by Crippen LogP contribution is -2.13. The molecule has 4 heteroatoms. The highest BCUT2D eigenvalue weighted by molar-refractivity contribution is 9.08. The van der Waals surface area contributed by atoms with Crippen LogP contribution in [0.1, 0.15) is 15.9 Å². The Balaban J connectivity index is 2.27. The molecule has 2 aromatic carbocycles. The highest BCUT2D eigenvalue weighted by atomic mass is 79.9. The molecule has 0 spiro atoms. The maximum absolute atomic E-state index is 12.0. The van der Waals surface area contributed by atoms with E-state index in [9.17, 15) is 4.79 Å². The number of anilines is 1. The minimum Gasteiger partial charge on any atom is -0.320 e. The van der Waals surface area contributed by atoms with Crippen LogP contribution in [0.3, 0.4) is 0 Å². The Morgan fingerprint density at radius 3 is 2.50 bits per heavy atom. The third kappa shape index (κ3) is 2.92. The Morgan fingerprint density at radius 1 is 1.11 bits per heavy atom. The van der Waals surface area contributed by atoms with Crippen molar-refractivity contribution in [1.82, 2.24) is 0 Å². The van der Waals surface area contributed by atoms with Gasteiger partial charge in [-0.3, -0.25) is 4.79 Å². The molecule has 1 N–H and O–H groups in total. The summed E-state index contributed by atoms with van der Waals surface area (Å²) in [7, 11) is 0. The highest BCUT2D eigenvalue weighted by Gasteiger charge is 2.11. The van der Waals surface area contributed by atoms with Gasteiger partial charge in [-0.1, -0.05) is 57.9 Å². The second-order valence-electron chi connectivity index (χ2n) is 3.73. The molecule has 0 unspecified atom stereocenters. The lowest BCUT2D eigenvalue weighted by atomic mass is 10.1. The number of nitrogens with one attached hydrogen (secondary N) is 1. The monoisotopic (exact) mass is 323 g/mol. The number of carbonyl (C=O) groups is 1. The molecule has 0 fully saturated rings. The lowest BCUT2D eigenvalue weighted by molar-refractivity contribution is 0.102. The molecule has 0 atom stereocenters. The van der Waals surface area contributed by atoms with E-state index in [1.807, 2.05) is 30.3 Å². The van der Waals surface area contributed by atoms with Gasteiger partial charge in [-0.2, -0.15) is 0 Å². The number of hydrogen-bond donors (Lipinski definition) is 1. The van der Waals surface area contributed by atoms with E-state index >= 15 is 0 Å². The molecule has 2 rings (SSSR count). The number of benzene rings is 2. The third-order valence-electron chi connectivity index (χ3n) is 2.52. The molecular weight excluding hydrogens is 314 g/mol. The molecule has 0 aliphatic heterocycles. The minimum atomic E-state index is -0.161. The topological polar surface area (TPSA) is 29.1 Å². The molecule has 0 aromatic heterocycles. The summed E-state index contributed by atoms with van der Waals surface area (Å²) < 4.78 is 0. The Labute approximate surface area is 119 Å². The van der Waals surface area contributed by atoms with Crippen molar-refractivity contribution < 1.29 is 4.79 Å². The lowest BCUT2D eigenvalue weighted by Gasteiger charge is -2.11. The molecule has 1 amide bonds. The average Bonchev–Trinajstić information content (AvgIpc) is 2.42. The molecule has 2 aromatic rings. The Kier molecular flexibility index (Phi) is 4.39. The predicted octanol–water partition coefficient (Wildman–Crippen LogP) is 4.49. The van der Waals surface area contributed by atoms with E-state index in [4.69, 9.17) is 11.6 Å². The maximum Gasteiger partial charge on any atom is 0.255 e. The van der Waals surface area contributed by atoms with Gasteiger partial charge in [0.1, 0.15) is 0 Å². The van der Waals surface area contributed by atoms with E-state index in [0.717, 1.165) is 5.56 Å². The molecule has 2 nitrogen and oxygen atoms in total. The van der Waals surface area contributed by atoms with Gasteiger partial charge in [-0.15, -0.1) is 0 Å². The number of para-hydroxylation sites is 1. The van der Waals surface area contributed by atoms with Gasteiger partial charge in [-0.25, -0.2) is 0 Å². The summed E-state index contributed by atoms with van der Waals surface area (Å²) in [5.74, 6) is -0.161. The zero-order valence-corrected chi connectivity index (χ0v) is 11.8. The summed E-state index contributed by atoms with van der Waals surface area (Å²) in [5.41, 5.74) is 2.22. The first-order chi connectivity index (χ1) is 8.72. The molecule has 18 heavy (non-hydrogen) atoms. The van der Waals surface area contributed by atoms with Gasteiger partial charge in [-0.05, 0) is 23.8 Å². The first-order valence-corrected chi connectivity index (χ1v) is 6.92. The van der Waals surface area contributed by atoms with E-state index in [1.165, 1.54) is 0 Å². The normalized spacial score (nSPS) is 10.1. The standard InChI is InChI=1S/C14H11BrClNO/c15-9-11-7-4-8-12(16)13(11)17-14(18)10-5-2-1-3-6-10/h1-8H,9H2,(H,17,18). The smallest absolute Gasteiger partial charge is 0.255 e. The molecule has 0 bridgehead atoms. The fourth-order valence-electron chi connectivity index (χ4n) is 1.60. The first kappa shape index (κ1) is 13.1. The van der Waals surface area contributed by atoms with Crippen molar-refractivity contribution in [2.45, 2.75) is 5.33 Å². The van der Waals surface area contributed by atoms with E-state index in [1.54, 1.807) is 18.2 Å². The van der Waals surface area contributed by atoms with Crippen LogP contribution in [0.4, 0.5) is 5.69 Å². The summed E-state index contributed by atoms with van der Waals surface area (Å²) in [4.78, 5) is 12.0. The van der Waals surface area contributed by atoms with Crippen LogP contribution in [-0.2, 0) is 5.33 Å². The van der Waals surface area contributed by atoms with Crippen molar-refractivity contribution in [2.24, 2.45) is 0 Å². The van der Waals surface area contributed by atoms with E-state index in [0.29, 0.717) is 21.6 Å². The Hall–Kier alpha value is -1.32. The largest absolute Gasteiger partial charge is 0.320 e. The Morgan fingerprint density at radius 2 is 1.83 bits per heavy atom. The zero-order valence-electron chi connectivity index (χ0n) is 9.49.